The maximum Gasteiger partial charge on any atom is 0.237 e. The molecule has 5 fully saturated rings. The van der Waals surface area contributed by atoms with E-state index < -0.39 is 0 Å². The number of hydrogen-bond acceptors (Lipinski definition) is 5. The Labute approximate surface area is 267 Å². The van der Waals surface area contributed by atoms with Crippen molar-refractivity contribution < 1.29 is 14.7 Å². The summed E-state index contributed by atoms with van der Waals surface area (Å²) in [5.41, 5.74) is 0.850. The number of amides is 2. The Morgan fingerprint density at radius 1 is 0.976 bits per heavy atom. The van der Waals surface area contributed by atoms with Gasteiger partial charge in [-0.15, -0.1) is 24.8 Å². The van der Waals surface area contributed by atoms with Gasteiger partial charge >= 0.3 is 0 Å². The van der Waals surface area contributed by atoms with Crippen molar-refractivity contribution in [2.24, 2.45) is 46.3 Å². The van der Waals surface area contributed by atoms with Crippen LogP contribution in [0, 0.1) is 46.3 Å². The van der Waals surface area contributed by atoms with Crippen LogP contribution in [-0.4, -0.2) is 73.7 Å². The van der Waals surface area contributed by atoms with Crippen molar-refractivity contribution in [1.82, 2.24) is 20.9 Å². The molecule has 5 aliphatic rings. The maximum atomic E-state index is 12.9. The van der Waals surface area contributed by atoms with Gasteiger partial charge in [0.2, 0.25) is 11.8 Å². The van der Waals surface area contributed by atoms with Crippen LogP contribution < -0.4 is 16.0 Å². The van der Waals surface area contributed by atoms with Crippen LogP contribution in [0.4, 0.5) is 0 Å². The maximum absolute atomic E-state index is 12.9. The number of rotatable bonds is 9. The predicted molar refractivity (Wildman–Crippen MR) is 174 cm³/mol. The van der Waals surface area contributed by atoms with Crippen LogP contribution in [0.25, 0.3) is 0 Å². The molecule has 4 N–H and O–H groups in total. The van der Waals surface area contributed by atoms with Crippen LogP contribution in [0.1, 0.15) is 97.8 Å². The Bertz CT molecular complexity index is 924. The lowest BCUT2D eigenvalue weighted by Crippen LogP contribution is -2.54. The number of carbonyl (C=O) groups is 2. The van der Waals surface area contributed by atoms with Crippen LogP contribution in [0.5, 0.6) is 0 Å². The number of aliphatic hydroxyl groups excluding tert-OH is 1. The van der Waals surface area contributed by atoms with Crippen molar-refractivity contribution >= 4 is 36.6 Å². The Hall–Kier alpha value is -0.600. The fourth-order valence-corrected chi connectivity index (χ4v) is 10.6. The second-order valence-electron chi connectivity index (χ2n) is 15.4. The molecular formula is C33H60Cl2N4O3. The first-order chi connectivity index (χ1) is 19.0. The van der Waals surface area contributed by atoms with Gasteiger partial charge in [-0.1, -0.05) is 20.8 Å². The Morgan fingerprint density at radius 2 is 1.69 bits per heavy atom. The minimum absolute atomic E-state index is 0. The second kappa shape index (κ2) is 14.7. The van der Waals surface area contributed by atoms with E-state index in [0.29, 0.717) is 48.6 Å². The molecule has 5 rings (SSSR count). The van der Waals surface area contributed by atoms with E-state index in [-0.39, 0.29) is 54.8 Å². The van der Waals surface area contributed by atoms with Gasteiger partial charge in [-0.3, -0.25) is 9.59 Å². The smallest absolute Gasteiger partial charge is 0.237 e. The lowest BCUT2D eigenvalue weighted by molar-refractivity contribution is -0.130. The summed E-state index contributed by atoms with van der Waals surface area (Å²) in [6.07, 6.45) is 13.5. The van der Waals surface area contributed by atoms with Gasteiger partial charge in [-0.2, -0.15) is 0 Å². The summed E-state index contributed by atoms with van der Waals surface area (Å²) in [5, 5.41) is 19.8. The van der Waals surface area contributed by atoms with Crippen LogP contribution in [0.2, 0.25) is 0 Å². The zero-order valence-corrected chi connectivity index (χ0v) is 28.5. The van der Waals surface area contributed by atoms with E-state index in [2.05, 4.69) is 41.6 Å². The molecule has 11 atom stereocenters. The van der Waals surface area contributed by atoms with Crippen molar-refractivity contribution in [3.63, 3.8) is 0 Å². The predicted octanol–water partition coefficient (Wildman–Crippen LogP) is 4.79. The molecule has 0 radical (unpaired) electrons. The highest BCUT2D eigenvalue weighted by atomic mass is 35.5. The van der Waals surface area contributed by atoms with E-state index in [9.17, 15) is 14.7 Å². The first kappa shape index (κ1) is 35.9. The van der Waals surface area contributed by atoms with Gasteiger partial charge in [0.05, 0.1) is 12.1 Å². The molecule has 244 valence electrons. The molecule has 1 heterocycles. The number of nitrogens with one attached hydrogen (secondary N) is 3. The number of fused-ring (bicyclic) bond motifs is 5. The lowest BCUT2D eigenvalue weighted by atomic mass is 9.44. The minimum atomic E-state index is -0.215. The summed E-state index contributed by atoms with van der Waals surface area (Å²) in [5.74, 6) is 4.71. The van der Waals surface area contributed by atoms with Crippen LogP contribution >= 0.6 is 24.8 Å². The zero-order valence-electron chi connectivity index (χ0n) is 26.8. The average Bonchev–Trinajstić information content (AvgIpc) is 3.51. The highest BCUT2D eigenvalue weighted by Crippen LogP contribution is 2.68. The van der Waals surface area contributed by atoms with Gasteiger partial charge in [0.15, 0.2) is 0 Å². The largest absolute Gasteiger partial charge is 0.393 e. The highest BCUT2D eigenvalue weighted by molar-refractivity contribution is 5.85. The van der Waals surface area contributed by atoms with Crippen LogP contribution in [0.15, 0.2) is 0 Å². The summed E-state index contributed by atoms with van der Waals surface area (Å²) in [7, 11) is 3.99. The third kappa shape index (κ3) is 7.27. The number of carbonyl (C=O) groups excluding carboxylic acids is 2. The fraction of sp³-hybridized carbons (Fsp3) is 0.939. The van der Waals surface area contributed by atoms with Crippen LogP contribution in [0.3, 0.4) is 0 Å². The molecule has 7 nitrogen and oxygen atoms in total. The SMILES string of the molecule is C[C@H](CCC(=O)N[C@@H]1CN[C@H](C(=O)NCCN(C)C)C1)[C@H]1CCC2C3CCC4C[C@H](O)CC[C@]4(C)C3CC[C@@]21C.Cl.Cl. The Morgan fingerprint density at radius 3 is 2.43 bits per heavy atom. The molecule has 0 aromatic carbocycles. The number of aliphatic hydroxyl groups is 1. The van der Waals surface area contributed by atoms with Gasteiger partial charge in [0.25, 0.3) is 0 Å². The molecule has 0 spiro atoms. The molecule has 4 aliphatic carbocycles. The molecular weight excluding hydrogens is 571 g/mol. The van der Waals surface area contributed by atoms with E-state index in [1.54, 1.807) is 0 Å². The topological polar surface area (TPSA) is 93.7 Å². The van der Waals surface area contributed by atoms with E-state index in [1.165, 1.54) is 44.9 Å². The van der Waals surface area contributed by atoms with Gasteiger partial charge in [0, 0.05) is 32.1 Å². The van der Waals surface area contributed by atoms with Gasteiger partial charge in [-0.25, -0.2) is 0 Å². The minimum Gasteiger partial charge on any atom is -0.393 e. The molecule has 1 saturated heterocycles. The van der Waals surface area contributed by atoms with Crippen molar-refractivity contribution in [3.8, 4) is 0 Å². The van der Waals surface area contributed by atoms with Gasteiger partial charge in [-0.05, 0) is 131 Å². The first-order valence-electron chi connectivity index (χ1n) is 16.6. The molecule has 1 aliphatic heterocycles. The molecule has 4 unspecified atom stereocenters. The summed E-state index contributed by atoms with van der Waals surface area (Å²) in [4.78, 5) is 27.4. The summed E-state index contributed by atoms with van der Waals surface area (Å²) >= 11 is 0. The van der Waals surface area contributed by atoms with E-state index in [0.717, 1.165) is 49.5 Å². The summed E-state index contributed by atoms with van der Waals surface area (Å²) in [6, 6.07) is -0.179. The standard InChI is InChI=1S/C33H58N4O3.2ClH/c1-21(6-11-30(39)36-23-19-29(35-20-23)31(40)34-16-17-37(4)5)26-9-10-27-25-8-7-22-18-24(38)12-14-32(22,2)28(25)13-15-33(26,27)3;;/h21-29,35,38H,6-20H2,1-5H3,(H,34,40)(H,36,39);2*1H/t21-,22?,23+,24-,25?,26-,27?,28?,29+,32+,33-;;/m1../s1. The lowest BCUT2D eigenvalue weighted by Gasteiger charge is -2.61. The Balaban J connectivity index is 0.00000242. The monoisotopic (exact) mass is 630 g/mol. The Kier molecular flexibility index (Phi) is 12.5. The number of hydrogen-bond donors (Lipinski definition) is 4. The summed E-state index contributed by atoms with van der Waals surface area (Å²) < 4.78 is 0. The average molecular weight is 632 g/mol. The molecule has 0 aromatic rings. The first-order valence-corrected chi connectivity index (χ1v) is 16.6. The molecule has 42 heavy (non-hydrogen) atoms. The second-order valence-corrected chi connectivity index (χ2v) is 15.4. The fourth-order valence-electron chi connectivity index (χ4n) is 10.6. The zero-order chi connectivity index (χ0) is 28.7. The molecule has 4 saturated carbocycles. The molecule has 2 amide bonds. The quantitative estimate of drug-likeness (QED) is 0.294. The van der Waals surface area contributed by atoms with E-state index >= 15 is 0 Å². The van der Waals surface area contributed by atoms with Crippen molar-refractivity contribution in [2.75, 3.05) is 33.7 Å². The number of halogens is 2. The normalized spacial score (nSPS) is 41.4. The molecule has 9 heteroatoms. The van der Waals surface area contributed by atoms with Crippen molar-refractivity contribution in [3.05, 3.63) is 0 Å². The highest BCUT2D eigenvalue weighted by Gasteiger charge is 2.60. The van der Waals surface area contributed by atoms with Crippen LogP contribution in [-0.2, 0) is 9.59 Å². The third-order valence-corrected chi connectivity index (χ3v) is 12.9. The summed E-state index contributed by atoms with van der Waals surface area (Å²) in [6.45, 7) is 9.72. The molecule has 0 bridgehead atoms. The number of nitrogens with zero attached hydrogens (tertiary/aromatic N) is 1. The number of likely N-dealkylation sites (N-methyl/N-ethyl adjacent to an activating group) is 1. The van der Waals surface area contributed by atoms with E-state index in [1.807, 2.05) is 14.1 Å². The van der Waals surface area contributed by atoms with Crippen molar-refractivity contribution in [1.29, 1.82) is 0 Å². The third-order valence-electron chi connectivity index (χ3n) is 12.9. The molecule has 0 aromatic heterocycles. The van der Waals surface area contributed by atoms with Gasteiger partial charge in [0.1, 0.15) is 0 Å². The van der Waals surface area contributed by atoms with Gasteiger partial charge < -0.3 is 26.0 Å². The van der Waals surface area contributed by atoms with E-state index in [4.69, 9.17) is 0 Å². The van der Waals surface area contributed by atoms with Crippen molar-refractivity contribution in [2.45, 2.75) is 116 Å².